The summed E-state index contributed by atoms with van der Waals surface area (Å²) in [6, 6.07) is 14.3. The maximum absolute atomic E-state index is 5.43. The molecule has 2 N–H and O–H groups in total. The largest absolute Gasteiger partial charge is 0.454 e. The Balaban J connectivity index is 1.56. The molecular weight excluding hydrogens is 342 g/mol. The lowest BCUT2D eigenvalue weighted by Gasteiger charge is -2.12. The molecule has 0 spiro atoms. The van der Waals surface area contributed by atoms with Crippen LogP contribution >= 0.6 is 0 Å². The van der Waals surface area contributed by atoms with E-state index in [2.05, 4.69) is 46.8 Å². The first-order valence-electron chi connectivity index (χ1n) is 9.34. The lowest BCUT2D eigenvalue weighted by Crippen LogP contribution is -2.36. The molecule has 0 bridgehead atoms. The van der Waals surface area contributed by atoms with Gasteiger partial charge in [-0.15, -0.1) is 0 Å². The summed E-state index contributed by atoms with van der Waals surface area (Å²) in [5, 5.41) is 6.65. The van der Waals surface area contributed by atoms with Crippen LogP contribution in [0, 0.1) is 0 Å². The molecule has 0 aromatic heterocycles. The Morgan fingerprint density at radius 2 is 1.70 bits per heavy atom. The van der Waals surface area contributed by atoms with E-state index >= 15 is 0 Å². The summed E-state index contributed by atoms with van der Waals surface area (Å²) in [6.45, 7) is 7.82. The van der Waals surface area contributed by atoms with E-state index in [0.717, 1.165) is 36.2 Å². The van der Waals surface area contributed by atoms with Crippen LogP contribution in [0.15, 0.2) is 47.5 Å². The number of benzene rings is 2. The molecule has 0 aliphatic carbocycles. The van der Waals surface area contributed by atoms with Gasteiger partial charge in [0, 0.05) is 19.7 Å². The molecule has 2 aromatic rings. The van der Waals surface area contributed by atoms with Crippen molar-refractivity contribution in [2.24, 2.45) is 4.99 Å². The summed E-state index contributed by atoms with van der Waals surface area (Å²) in [4.78, 5) is 4.66. The average molecular weight is 369 g/mol. The van der Waals surface area contributed by atoms with Crippen molar-refractivity contribution in [2.75, 3.05) is 19.9 Å². The number of aliphatic imine (C=N–C) groups is 1. The highest BCUT2D eigenvalue weighted by Gasteiger charge is 2.12. The van der Waals surface area contributed by atoms with Gasteiger partial charge in [-0.1, -0.05) is 30.3 Å². The van der Waals surface area contributed by atoms with Crippen molar-refractivity contribution in [1.82, 2.24) is 10.6 Å². The Morgan fingerprint density at radius 3 is 2.48 bits per heavy atom. The molecule has 1 heterocycles. The second-order valence-electron chi connectivity index (χ2n) is 6.19. The fraction of sp³-hybridized carbons (Fsp3) is 0.381. The van der Waals surface area contributed by atoms with Crippen LogP contribution in [0.4, 0.5) is 0 Å². The Hall–Kier alpha value is -2.73. The lowest BCUT2D eigenvalue weighted by atomic mass is 10.1. The highest BCUT2D eigenvalue weighted by molar-refractivity contribution is 5.79. The first-order chi connectivity index (χ1) is 13.3. The Bertz CT molecular complexity index is 760. The highest BCUT2D eigenvalue weighted by atomic mass is 16.7. The molecule has 2 aromatic carbocycles. The van der Waals surface area contributed by atoms with Gasteiger partial charge >= 0.3 is 0 Å². The van der Waals surface area contributed by atoms with E-state index in [4.69, 9.17) is 14.2 Å². The fourth-order valence-electron chi connectivity index (χ4n) is 2.71. The minimum Gasteiger partial charge on any atom is -0.454 e. The van der Waals surface area contributed by atoms with E-state index < -0.39 is 0 Å². The van der Waals surface area contributed by atoms with Gasteiger partial charge in [0.25, 0.3) is 0 Å². The summed E-state index contributed by atoms with van der Waals surface area (Å²) >= 11 is 0. The van der Waals surface area contributed by atoms with Crippen LogP contribution in [0.2, 0.25) is 0 Å². The number of fused-ring (bicyclic) bond motifs is 1. The van der Waals surface area contributed by atoms with Gasteiger partial charge in [-0.3, -0.25) is 0 Å². The predicted molar refractivity (Wildman–Crippen MR) is 106 cm³/mol. The molecule has 0 saturated heterocycles. The average Bonchev–Trinajstić information content (AvgIpc) is 3.17. The third-order valence-corrected chi connectivity index (χ3v) is 4.16. The van der Waals surface area contributed by atoms with Crippen molar-refractivity contribution in [2.45, 2.75) is 33.5 Å². The fourth-order valence-corrected chi connectivity index (χ4v) is 2.71. The molecule has 1 aliphatic heterocycles. The molecule has 6 nitrogen and oxygen atoms in total. The summed E-state index contributed by atoms with van der Waals surface area (Å²) in [6.07, 6.45) is 0. The SMILES string of the molecule is CCNC(=NCc1ccc2c(c1)OCO2)NCc1ccc(COCC)cc1. The minimum atomic E-state index is 0.287. The van der Waals surface area contributed by atoms with Crippen molar-refractivity contribution in [3.63, 3.8) is 0 Å². The van der Waals surface area contributed by atoms with Gasteiger partial charge in [0.15, 0.2) is 17.5 Å². The zero-order valence-corrected chi connectivity index (χ0v) is 16.0. The first kappa shape index (κ1) is 19.0. The molecule has 3 rings (SSSR count). The number of guanidine groups is 1. The topological polar surface area (TPSA) is 64.1 Å². The van der Waals surface area contributed by atoms with Crippen molar-refractivity contribution in [3.8, 4) is 11.5 Å². The van der Waals surface area contributed by atoms with E-state index in [1.807, 2.05) is 25.1 Å². The second kappa shape index (κ2) is 9.83. The third-order valence-electron chi connectivity index (χ3n) is 4.16. The second-order valence-corrected chi connectivity index (χ2v) is 6.19. The van der Waals surface area contributed by atoms with E-state index in [-0.39, 0.29) is 6.79 Å². The van der Waals surface area contributed by atoms with Gasteiger partial charge in [0.2, 0.25) is 6.79 Å². The van der Waals surface area contributed by atoms with E-state index in [1.54, 1.807) is 0 Å². The summed E-state index contributed by atoms with van der Waals surface area (Å²) in [5.41, 5.74) is 3.46. The number of rotatable bonds is 8. The highest BCUT2D eigenvalue weighted by Crippen LogP contribution is 2.32. The predicted octanol–water partition coefficient (Wildman–Crippen LogP) is 3.21. The van der Waals surface area contributed by atoms with Crippen molar-refractivity contribution in [1.29, 1.82) is 0 Å². The number of hydrogen-bond donors (Lipinski definition) is 2. The molecule has 0 unspecified atom stereocenters. The van der Waals surface area contributed by atoms with Gasteiger partial charge in [-0.25, -0.2) is 4.99 Å². The van der Waals surface area contributed by atoms with Crippen LogP contribution in [0.3, 0.4) is 0 Å². The Kier molecular flexibility index (Phi) is 6.93. The zero-order chi connectivity index (χ0) is 18.9. The lowest BCUT2D eigenvalue weighted by molar-refractivity contribution is 0.134. The molecule has 0 amide bonds. The van der Waals surface area contributed by atoms with Gasteiger partial charge in [0.1, 0.15) is 0 Å². The third kappa shape index (κ3) is 5.62. The minimum absolute atomic E-state index is 0.287. The number of ether oxygens (including phenoxy) is 3. The maximum atomic E-state index is 5.43. The molecule has 27 heavy (non-hydrogen) atoms. The van der Waals surface area contributed by atoms with Crippen molar-refractivity contribution in [3.05, 3.63) is 59.2 Å². The summed E-state index contributed by atoms with van der Waals surface area (Å²) in [5.74, 6) is 2.36. The van der Waals surface area contributed by atoms with E-state index in [9.17, 15) is 0 Å². The normalized spacial score (nSPS) is 12.9. The number of nitrogens with one attached hydrogen (secondary N) is 2. The monoisotopic (exact) mass is 369 g/mol. The molecule has 0 saturated carbocycles. The molecule has 1 aliphatic rings. The summed E-state index contributed by atoms with van der Waals surface area (Å²) in [7, 11) is 0. The quantitative estimate of drug-likeness (QED) is 0.553. The Morgan fingerprint density at radius 1 is 0.963 bits per heavy atom. The van der Waals surface area contributed by atoms with Crippen molar-refractivity contribution >= 4 is 5.96 Å². The first-order valence-corrected chi connectivity index (χ1v) is 9.34. The van der Waals surface area contributed by atoms with Crippen LogP contribution < -0.4 is 20.1 Å². The Labute approximate surface area is 160 Å². The molecule has 0 fully saturated rings. The van der Waals surface area contributed by atoms with E-state index in [0.29, 0.717) is 19.7 Å². The van der Waals surface area contributed by atoms with Crippen LogP contribution in [-0.2, 0) is 24.4 Å². The van der Waals surface area contributed by atoms with Gasteiger partial charge in [-0.2, -0.15) is 0 Å². The zero-order valence-electron chi connectivity index (χ0n) is 16.0. The number of nitrogens with zero attached hydrogens (tertiary/aromatic N) is 1. The molecule has 0 radical (unpaired) electrons. The molecule has 144 valence electrons. The van der Waals surface area contributed by atoms with Crippen molar-refractivity contribution < 1.29 is 14.2 Å². The number of hydrogen-bond acceptors (Lipinski definition) is 4. The standard InChI is InChI=1S/C21H27N3O3/c1-3-22-21(23-12-16-5-7-17(8-6-16)14-25-4-2)24-13-18-9-10-19-20(11-18)27-15-26-19/h5-11H,3-4,12-15H2,1-2H3,(H2,22,23,24). The summed E-state index contributed by atoms with van der Waals surface area (Å²) < 4.78 is 16.2. The maximum Gasteiger partial charge on any atom is 0.231 e. The molecule has 0 atom stereocenters. The molecular formula is C21H27N3O3. The van der Waals surface area contributed by atoms with Crippen LogP contribution in [0.5, 0.6) is 11.5 Å². The van der Waals surface area contributed by atoms with Crippen LogP contribution in [0.1, 0.15) is 30.5 Å². The van der Waals surface area contributed by atoms with Crippen LogP contribution in [0.25, 0.3) is 0 Å². The van der Waals surface area contributed by atoms with Gasteiger partial charge in [0.05, 0.1) is 13.2 Å². The van der Waals surface area contributed by atoms with Gasteiger partial charge in [-0.05, 0) is 42.7 Å². The van der Waals surface area contributed by atoms with E-state index in [1.165, 1.54) is 11.1 Å². The smallest absolute Gasteiger partial charge is 0.231 e. The molecule has 6 heteroatoms. The van der Waals surface area contributed by atoms with Gasteiger partial charge < -0.3 is 24.8 Å². The van der Waals surface area contributed by atoms with Crippen LogP contribution in [-0.4, -0.2) is 25.9 Å².